The fraction of sp³-hybridized carbons (Fsp3) is 0.673. The highest BCUT2D eigenvalue weighted by molar-refractivity contribution is 5.59. The van der Waals surface area contributed by atoms with E-state index in [0.717, 1.165) is 50.9 Å². The van der Waals surface area contributed by atoms with Gasteiger partial charge in [-0.25, -0.2) is 0 Å². The van der Waals surface area contributed by atoms with E-state index >= 15 is 0 Å². The summed E-state index contributed by atoms with van der Waals surface area (Å²) in [4.78, 5) is 0. The molecular formula is C55H71N5. The summed E-state index contributed by atoms with van der Waals surface area (Å²) in [5, 5.41) is 24.6. The van der Waals surface area contributed by atoms with Crippen molar-refractivity contribution in [2.75, 3.05) is 0 Å². The van der Waals surface area contributed by atoms with Crippen molar-refractivity contribution in [2.45, 2.75) is 198 Å². The number of nitriles is 2. The van der Waals surface area contributed by atoms with Gasteiger partial charge in [-0.1, -0.05) is 68.9 Å². The number of rotatable bonds is 6. The van der Waals surface area contributed by atoms with E-state index < -0.39 is 0 Å². The Morgan fingerprint density at radius 2 is 1.13 bits per heavy atom. The summed E-state index contributed by atoms with van der Waals surface area (Å²) >= 11 is 0. The Bertz CT molecular complexity index is 2130. The first-order chi connectivity index (χ1) is 29.7. The molecule has 4 fully saturated rings. The molecule has 3 saturated carbocycles. The van der Waals surface area contributed by atoms with E-state index in [1.165, 1.54) is 140 Å². The molecule has 0 amide bonds. The Labute approximate surface area is 361 Å². The molecule has 7 aliphatic carbocycles. The third-order valence-electron chi connectivity index (χ3n) is 18.2. The monoisotopic (exact) mass is 802 g/mol. The van der Waals surface area contributed by atoms with Crippen LogP contribution in [0.2, 0.25) is 0 Å². The van der Waals surface area contributed by atoms with Gasteiger partial charge in [-0.15, -0.1) is 0 Å². The van der Waals surface area contributed by atoms with E-state index in [0.29, 0.717) is 35.8 Å². The number of hydrogen-bond acceptors (Lipinski definition) is 3. The molecule has 316 valence electrons. The summed E-state index contributed by atoms with van der Waals surface area (Å²) in [5.41, 5.74) is 16.5. The molecule has 2 aromatic heterocycles. The van der Waals surface area contributed by atoms with Crippen LogP contribution in [0.1, 0.15) is 209 Å². The maximum atomic E-state index is 10.1. The van der Waals surface area contributed by atoms with Gasteiger partial charge in [0.1, 0.15) is 0 Å². The van der Waals surface area contributed by atoms with Gasteiger partial charge in [-0.05, 0) is 210 Å². The van der Waals surface area contributed by atoms with Crippen LogP contribution in [-0.4, -0.2) is 9.13 Å². The lowest BCUT2D eigenvalue weighted by atomic mass is 9.61. The molecule has 0 bridgehead atoms. The SMILES string of the molecule is N#CC1CCc2c(c3c(n2C2CC(C4CCCCC4c4ccccc4C4CCCCC4C4CCCC(C#N)C4)CC(n4c5c(c6c4CCCC6)CCCC5)N2)C=CCC3)C1. The van der Waals surface area contributed by atoms with Crippen molar-refractivity contribution in [3.05, 3.63) is 86.5 Å². The third kappa shape index (κ3) is 6.97. The first-order valence-electron chi connectivity index (χ1n) is 25.5. The topological polar surface area (TPSA) is 69.5 Å². The molecule has 11 rings (SSSR count). The fourth-order valence-corrected chi connectivity index (χ4v) is 15.7. The molecule has 5 heteroatoms. The molecule has 1 aliphatic heterocycles. The van der Waals surface area contributed by atoms with Crippen molar-refractivity contribution >= 4 is 6.08 Å². The zero-order valence-corrected chi connectivity index (χ0v) is 36.6. The van der Waals surface area contributed by atoms with E-state index in [-0.39, 0.29) is 18.0 Å². The standard InChI is InChI=1S/C55H71N5/c56-34-36-14-13-15-38(30-36)40-16-1-3-18-42(40)44-20-5-6-21-45(44)43-19-4-2-17-41(43)39-32-54(59-50-25-10-7-22-46(50)47-23-8-11-26-51(47)59)58-55(33-39)60-52-27-12-9-24-48(52)49-31-37(35-57)28-29-53(49)60/h5-6,12,20-21,27,36-43,54-55,58H,1-4,7-11,13-19,22-26,28-33H2. The normalized spacial score (nSPS) is 34.0. The summed E-state index contributed by atoms with van der Waals surface area (Å²) in [5.74, 6) is 4.47. The van der Waals surface area contributed by atoms with Gasteiger partial charge < -0.3 is 9.13 Å². The molecule has 60 heavy (non-hydrogen) atoms. The lowest BCUT2D eigenvalue weighted by Crippen LogP contribution is -2.45. The Morgan fingerprint density at radius 1 is 0.517 bits per heavy atom. The van der Waals surface area contributed by atoms with Gasteiger partial charge in [-0.2, -0.15) is 10.5 Å². The molecule has 3 heterocycles. The summed E-state index contributed by atoms with van der Waals surface area (Å²) in [6.45, 7) is 0. The van der Waals surface area contributed by atoms with Gasteiger partial charge in [0.05, 0.1) is 30.4 Å². The van der Waals surface area contributed by atoms with Gasteiger partial charge in [0.2, 0.25) is 0 Å². The second-order valence-corrected chi connectivity index (χ2v) is 21.2. The molecule has 10 atom stereocenters. The Hall–Kier alpha value is -3.54. The van der Waals surface area contributed by atoms with Crippen LogP contribution in [0.15, 0.2) is 30.3 Å². The average Bonchev–Trinajstić information content (AvgIpc) is 3.84. The molecular weight excluding hydrogens is 731 g/mol. The predicted octanol–water partition coefficient (Wildman–Crippen LogP) is 12.9. The number of nitrogens with one attached hydrogen (secondary N) is 1. The Balaban J connectivity index is 0.994. The second-order valence-electron chi connectivity index (χ2n) is 21.2. The quantitative estimate of drug-likeness (QED) is 0.270. The van der Waals surface area contributed by atoms with Crippen LogP contribution in [0, 0.1) is 58.2 Å². The van der Waals surface area contributed by atoms with Gasteiger partial charge in [0.25, 0.3) is 0 Å². The molecule has 3 aromatic rings. The first kappa shape index (κ1) is 39.3. The highest BCUT2D eigenvalue weighted by Crippen LogP contribution is 2.54. The molecule has 0 radical (unpaired) electrons. The number of piperidine rings is 1. The minimum absolute atomic E-state index is 0.152. The zero-order chi connectivity index (χ0) is 40.2. The number of fused-ring (bicyclic) bond motifs is 6. The van der Waals surface area contributed by atoms with E-state index in [1.807, 2.05) is 0 Å². The Kier molecular flexibility index (Phi) is 11.1. The smallest absolute Gasteiger partial charge is 0.0860 e. The molecule has 1 N–H and O–H groups in total. The van der Waals surface area contributed by atoms with Crippen molar-refractivity contribution < 1.29 is 0 Å². The number of benzene rings is 1. The molecule has 1 aromatic carbocycles. The van der Waals surface area contributed by atoms with Crippen LogP contribution in [0.4, 0.5) is 0 Å². The summed E-state index contributed by atoms with van der Waals surface area (Å²) in [6.07, 6.45) is 39.3. The number of aromatic nitrogens is 2. The van der Waals surface area contributed by atoms with Crippen molar-refractivity contribution in [1.82, 2.24) is 14.5 Å². The number of nitrogens with zero attached hydrogens (tertiary/aromatic N) is 4. The van der Waals surface area contributed by atoms with Gasteiger partial charge in [-0.3, -0.25) is 5.32 Å². The summed E-state index contributed by atoms with van der Waals surface area (Å²) in [7, 11) is 0. The lowest BCUT2D eigenvalue weighted by molar-refractivity contribution is 0.0818. The largest absolute Gasteiger partial charge is 0.332 e. The number of allylic oxidation sites excluding steroid dienone is 1. The van der Waals surface area contributed by atoms with Crippen LogP contribution in [-0.2, 0) is 44.9 Å². The Morgan fingerprint density at radius 3 is 1.82 bits per heavy atom. The van der Waals surface area contributed by atoms with E-state index in [2.05, 4.69) is 63.0 Å². The fourth-order valence-electron chi connectivity index (χ4n) is 15.7. The minimum Gasteiger partial charge on any atom is -0.332 e. The minimum atomic E-state index is 0.152. The van der Waals surface area contributed by atoms with Crippen LogP contribution in [0.5, 0.6) is 0 Å². The van der Waals surface area contributed by atoms with Crippen LogP contribution >= 0.6 is 0 Å². The third-order valence-corrected chi connectivity index (χ3v) is 18.2. The van der Waals surface area contributed by atoms with Crippen LogP contribution < -0.4 is 5.32 Å². The highest BCUT2D eigenvalue weighted by atomic mass is 15.3. The van der Waals surface area contributed by atoms with Crippen molar-refractivity contribution in [3.8, 4) is 12.1 Å². The van der Waals surface area contributed by atoms with E-state index in [1.54, 1.807) is 44.9 Å². The molecule has 1 saturated heterocycles. The van der Waals surface area contributed by atoms with Crippen molar-refractivity contribution in [1.29, 1.82) is 10.5 Å². The zero-order valence-electron chi connectivity index (χ0n) is 36.6. The second kappa shape index (κ2) is 17.0. The number of hydrogen-bond donors (Lipinski definition) is 1. The summed E-state index contributed by atoms with van der Waals surface area (Å²) in [6, 6.07) is 15.3. The summed E-state index contributed by atoms with van der Waals surface area (Å²) < 4.78 is 5.80. The molecule has 0 spiro atoms. The van der Waals surface area contributed by atoms with Crippen LogP contribution in [0.25, 0.3) is 6.08 Å². The van der Waals surface area contributed by atoms with Crippen molar-refractivity contribution in [3.63, 3.8) is 0 Å². The maximum Gasteiger partial charge on any atom is 0.0860 e. The lowest BCUT2D eigenvalue weighted by Gasteiger charge is -2.47. The predicted molar refractivity (Wildman–Crippen MR) is 241 cm³/mol. The first-order valence-corrected chi connectivity index (χ1v) is 25.5. The van der Waals surface area contributed by atoms with E-state index in [9.17, 15) is 10.5 Å². The van der Waals surface area contributed by atoms with E-state index in [4.69, 9.17) is 0 Å². The average molecular weight is 802 g/mol. The molecule has 10 unspecified atom stereocenters. The molecule has 8 aliphatic rings. The van der Waals surface area contributed by atoms with Gasteiger partial charge in [0.15, 0.2) is 0 Å². The highest BCUT2D eigenvalue weighted by Gasteiger charge is 2.44. The van der Waals surface area contributed by atoms with Crippen LogP contribution in [0.3, 0.4) is 0 Å². The van der Waals surface area contributed by atoms with Crippen molar-refractivity contribution in [2.24, 2.45) is 35.5 Å². The van der Waals surface area contributed by atoms with Gasteiger partial charge in [0, 0.05) is 28.7 Å². The molecule has 5 nitrogen and oxygen atoms in total. The van der Waals surface area contributed by atoms with Gasteiger partial charge >= 0.3 is 0 Å². The maximum absolute atomic E-state index is 10.1.